The van der Waals surface area contributed by atoms with Crippen LogP contribution in [0.3, 0.4) is 0 Å². The fourth-order valence-corrected chi connectivity index (χ4v) is 14.5. The maximum Gasteiger partial charge on any atom is 0.411 e. The normalized spacial score (nSPS) is 14.2. The molecule has 0 amide bonds. The lowest BCUT2D eigenvalue weighted by atomic mass is 9.66. The van der Waals surface area contributed by atoms with Crippen LogP contribution in [0.1, 0.15) is 149 Å². The number of carbonyl (C=O) groups is 2. The highest BCUT2D eigenvalue weighted by atomic mass is 32.2. The number of alkyl halides is 6. The Morgan fingerprint density at radius 1 is 0.374 bits per heavy atom. The van der Waals surface area contributed by atoms with Gasteiger partial charge in [0.25, 0.3) is 40.5 Å². The van der Waals surface area contributed by atoms with Gasteiger partial charge in [-0.3, -0.25) is 27.8 Å². The number of ketones is 2. The molecule has 528 valence electrons. The van der Waals surface area contributed by atoms with Gasteiger partial charge in [-0.15, -0.1) is 0 Å². The van der Waals surface area contributed by atoms with Crippen molar-refractivity contribution in [2.24, 2.45) is 0 Å². The summed E-state index contributed by atoms with van der Waals surface area (Å²) in [5.41, 5.74) is -11.0. The van der Waals surface area contributed by atoms with Crippen LogP contribution in [0.15, 0.2) is 189 Å². The van der Waals surface area contributed by atoms with Crippen molar-refractivity contribution in [2.45, 2.75) is 154 Å². The average molecular weight is 1450 g/mol. The smallest absolute Gasteiger partial charge is 0.411 e. The molecule has 99 heavy (non-hydrogen) atoms. The zero-order chi connectivity index (χ0) is 73.7. The van der Waals surface area contributed by atoms with E-state index in [9.17, 15) is 61.5 Å². The highest BCUT2D eigenvalue weighted by Crippen LogP contribution is 2.57. The van der Waals surface area contributed by atoms with Crippen LogP contribution < -0.4 is 18.9 Å². The molecule has 0 aromatic heterocycles. The minimum Gasteiger partial charge on any atom is -0.488 e. The standard InChI is InChI=1S/C71H70F6O18S4/c1-11-65(5,6)55-35-19-45(39-59(55)96(80,81)82)63(78)47-21-37-57(61(41-47)98(86,87)88)92-51-27-15-43(16-28-51)44-17-29-54(30-18-44)95-68(10,14-4)67(9,13-3)56-36-20-46(40-60(56)97(83,84)85)64(79)48-22-38-58(62(42-48)99(89,90)91)93-52-31-23-49(24-32-52)69(70(72,73)74,71(75,76)77)50-25-33-53(34-26-50)94-66(7,8)12-2/h15-42H,11-14H2,1-10H3,(H,80,81,82)(H,83,84,85)(H,86,87,88)(H,89,90,91). The molecule has 0 saturated carbocycles. The molecule has 0 bridgehead atoms. The maximum absolute atomic E-state index is 15.0. The number of rotatable bonds is 26. The van der Waals surface area contributed by atoms with Crippen LogP contribution >= 0.6 is 0 Å². The predicted octanol–water partition coefficient (Wildman–Crippen LogP) is 17.0. The Morgan fingerprint density at radius 2 is 0.697 bits per heavy atom. The van der Waals surface area contributed by atoms with Gasteiger partial charge in [0, 0.05) is 27.7 Å². The van der Waals surface area contributed by atoms with E-state index >= 15 is 26.3 Å². The number of carbonyl (C=O) groups excluding carboxylic acids is 2. The second-order valence-electron chi connectivity index (χ2n) is 25.2. The molecule has 0 radical (unpaired) electrons. The van der Waals surface area contributed by atoms with Crippen LogP contribution in [-0.2, 0) is 56.7 Å². The summed E-state index contributed by atoms with van der Waals surface area (Å²) in [6.45, 7) is 17.4. The summed E-state index contributed by atoms with van der Waals surface area (Å²) in [5.74, 6) is -3.03. The van der Waals surface area contributed by atoms with Crippen molar-refractivity contribution in [2.75, 3.05) is 0 Å². The summed E-state index contributed by atoms with van der Waals surface area (Å²) in [7, 11) is -20.4. The molecule has 2 unspecified atom stereocenters. The third kappa shape index (κ3) is 15.8. The van der Waals surface area contributed by atoms with E-state index in [1.165, 1.54) is 42.5 Å². The van der Waals surface area contributed by atoms with E-state index in [1.54, 1.807) is 98.7 Å². The third-order valence-corrected chi connectivity index (χ3v) is 21.8. The summed E-state index contributed by atoms with van der Waals surface area (Å²) in [6.07, 6.45) is -10.6. The van der Waals surface area contributed by atoms with Gasteiger partial charge in [0.05, 0.1) is 9.79 Å². The van der Waals surface area contributed by atoms with Crippen molar-refractivity contribution in [3.05, 3.63) is 214 Å². The maximum atomic E-state index is 15.0. The highest BCUT2D eigenvalue weighted by molar-refractivity contribution is 7.86. The van der Waals surface area contributed by atoms with E-state index in [1.807, 2.05) is 6.92 Å². The Morgan fingerprint density at radius 3 is 1.04 bits per heavy atom. The van der Waals surface area contributed by atoms with Crippen molar-refractivity contribution >= 4 is 52.0 Å². The minimum absolute atomic E-state index is 0.00439. The predicted molar refractivity (Wildman–Crippen MR) is 355 cm³/mol. The Labute approximate surface area is 570 Å². The monoisotopic (exact) mass is 1450 g/mol. The molecule has 8 aromatic rings. The average Bonchev–Trinajstić information content (AvgIpc) is 0.721. The molecule has 2 atom stereocenters. The van der Waals surface area contributed by atoms with Gasteiger partial charge in [-0.25, -0.2) is 0 Å². The van der Waals surface area contributed by atoms with Crippen molar-refractivity contribution in [3.63, 3.8) is 0 Å². The molecule has 0 fully saturated rings. The van der Waals surface area contributed by atoms with Crippen molar-refractivity contribution in [1.29, 1.82) is 0 Å². The quantitative estimate of drug-likeness (QED) is 0.0223. The molecular weight excluding hydrogens is 1380 g/mol. The van der Waals surface area contributed by atoms with Gasteiger partial charge in [-0.2, -0.15) is 60.0 Å². The second-order valence-corrected chi connectivity index (χ2v) is 30.7. The molecule has 0 aliphatic heterocycles. The van der Waals surface area contributed by atoms with Crippen molar-refractivity contribution in [1.82, 2.24) is 0 Å². The van der Waals surface area contributed by atoms with E-state index < -0.39 is 145 Å². The number of ether oxygens (including phenoxy) is 4. The largest absolute Gasteiger partial charge is 0.488 e. The molecule has 0 aliphatic rings. The zero-order valence-electron chi connectivity index (χ0n) is 54.9. The van der Waals surface area contributed by atoms with Crippen LogP contribution in [0.25, 0.3) is 11.1 Å². The van der Waals surface area contributed by atoms with Crippen LogP contribution in [0, 0.1) is 0 Å². The summed E-state index contributed by atoms with van der Waals surface area (Å²) >= 11 is 0. The molecular formula is C71H70F6O18S4. The molecule has 28 heteroatoms. The van der Waals surface area contributed by atoms with Crippen molar-refractivity contribution < 1.29 is 107 Å². The van der Waals surface area contributed by atoms with E-state index in [-0.39, 0.29) is 52.3 Å². The SMILES string of the molecule is CCC(C)(C)Oc1ccc(C(c2ccc(Oc3ccc(C(=O)c4ccc(C(C)(CC)C(C)(CC)Oc5ccc(-c6ccc(Oc7ccc(C(=O)c8ccc(C(C)(C)CC)c(S(=O)(=O)O)c8)cc7S(=O)(=O)O)cc6)cc5)c(S(=O)(=O)O)c4)cc3S(=O)(=O)O)cc2)(C(F)(F)F)C(F)(F)F)cc1. The third-order valence-electron chi connectivity index (χ3n) is 18.3. The van der Waals surface area contributed by atoms with Gasteiger partial charge in [-0.1, -0.05) is 121 Å². The first-order chi connectivity index (χ1) is 45.7. The lowest BCUT2D eigenvalue weighted by Gasteiger charge is -2.46. The van der Waals surface area contributed by atoms with Gasteiger partial charge in [0.15, 0.2) is 11.6 Å². The van der Waals surface area contributed by atoms with E-state index in [2.05, 4.69) is 0 Å². The highest BCUT2D eigenvalue weighted by Gasteiger charge is 2.72. The Kier molecular flexibility index (Phi) is 21.2. The molecule has 8 aromatic carbocycles. The van der Waals surface area contributed by atoms with Gasteiger partial charge in [0.1, 0.15) is 55.5 Å². The molecule has 0 aliphatic carbocycles. The van der Waals surface area contributed by atoms with Crippen LogP contribution in [0.2, 0.25) is 0 Å². The Hall–Kier alpha value is -8.48. The first kappa shape index (κ1) is 76.3. The topological polar surface area (TPSA) is 289 Å². The van der Waals surface area contributed by atoms with Crippen molar-refractivity contribution in [3.8, 4) is 45.6 Å². The second kappa shape index (κ2) is 27.6. The lowest BCUT2D eigenvalue weighted by molar-refractivity contribution is -0.288. The number of halogens is 6. The van der Waals surface area contributed by atoms with E-state index in [0.29, 0.717) is 72.2 Å². The minimum atomic E-state index is -5.97. The first-order valence-corrected chi connectivity index (χ1v) is 36.3. The fourth-order valence-electron chi connectivity index (χ4n) is 11.5. The number of benzene rings is 8. The molecule has 4 N–H and O–H groups in total. The van der Waals surface area contributed by atoms with Gasteiger partial charge in [0.2, 0.25) is 5.41 Å². The first-order valence-electron chi connectivity index (χ1n) is 30.5. The summed E-state index contributed by atoms with van der Waals surface area (Å²) < 4.78 is 258. The lowest BCUT2D eigenvalue weighted by Crippen LogP contribution is -2.54. The van der Waals surface area contributed by atoms with Gasteiger partial charge >= 0.3 is 12.4 Å². The van der Waals surface area contributed by atoms with Crippen LogP contribution in [-0.4, -0.2) is 87.0 Å². The van der Waals surface area contributed by atoms with E-state index in [0.717, 1.165) is 48.5 Å². The fraction of sp³-hybridized carbons (Fsp3) is 0.296. The Balaban J connectivity index is 1.01. The number of hydrogen-bond acceptors (Lipinski definition) is 14. The van der Waals surface area contributed by atoms with Crippen LogP contribution in [0.5, 0.6) is 34.5 Å². The molecule has 8 rings (SSSR count). The molecule has 0 heterocycles. The van der Waals surface area contributed by atoms with Gasteiger partial charge < -0.3 is 18.9 Å². The summed E-state index contributed by atoms with van der Waals surface area (Å²) in [6, 6.07) is 31.5. The van der Waals surface area contributed by atoms with Crippen LogP contribution in [0.4, 0.5) is 26.3 Å². The summed E-state index contributed by atoms with van der Waals surface area (Å²) in [4.78, 5) is 24.8. The summed E-state index contributed by atoms with van der Waals surface area (Å²) in [5, 5.41) is 0. The van der Waals surface area contributed by atoms with E-state index in [4.69, 9.17) is 18.9 Å². The number of hydrogen-bond donors (Lipinski definition) is 4. The Bertz CT molecular complexity index is 4850. The molecule has 18 nitrogen and oxygen atoms in total. The zero-order valence-corrected chi connectivity index (χ0v) is 58.2. The molecule has 0 saturated heterocycles. The van der Waals surface area contributed by atoms with Gasteiger partial charge in [-0.05, 0) is 182 Å². The molecule has 0 spiro atoms.